The van der Waals surface area contributed by atoms with Gasteiger partial charge >= 0.3 is 0 Å². The Morgan fingerprint density at radius 2 is 0.900 bits per heavy atom. The third kappa shape index (κ3) is 10.7. The van der Waals surface area contributed by atoms with Crippen molar-refractivity contribution in [2.75, 3.05) is 0 Å². The Kier molecular flexibility index (Phi) is 16.8. The molecule has 0 bridgehead atoms. The molecule has 0 atom stereocenters. The summed E-state index contributed by atoms with van der Waals surface area (Å²) in [4.78, 5) is 14.4. The van der Waals surface area contributed by atoms with Crippen LogP contribution in [0.25, 0.3) is 71.4 Å². The topological polar surface area (TPSA) is 0 Å². The minimum atomic E-state index is 0.0642. The minimum absolute atomic E-state index is 0.0642. The molecule has 0 N–H and O–H groups in total. The van der Waals surface area contributed by atoms with Crippen molar-refractivity contribution in [2.24, 2.45) is 0 Å². The van der Waals surface area contributed by atoms with E-state index >= 15 is 0 Å². The second-order valence-electron chi connectivity index (χ2n) is 21.0. The zero-order valence-electron chi connectivity index (χ0n) is 42.7. The lowest BCUT2D eigenvalue weighted by molar-refractivity contribution is 0.400. The van der Waals surface area contributed by atoms with Crippen molar-refractivity contribution < 1.29 is 0 Å². The number of benzene rings is 3. The van der Waals surface area contributed by atoms with Gasteiger partial charge in [-0.15, -0.1) is 56.7 Å². The Morgan fingerprint density at radius 1 is 0.414 bits per heavy atom. The van der Waals surface area contributed by atoms with E-state index in [1.807, 2.05) is 45.3 Å². The summed E-state index contributed by atoms with van der Waals surface area (Å²) in [6, 6.07) is 38.8. The Labute approximate surface area is 441 Å². The van der Waals surface area contributed by atoms with Crippen LogP contribution in [0.4, 0.5) is 0 Å². The highest BCUT2D eigenvalue weighted by Gasteiger charge is 2.43. The van der Waals surface area contributed by atoms with Crippen molar-refractivity contribution >= 4 is 67.5 Å². The van der Waals surface area contributed by atoms with Gasteiger partial charge in [0.1, 0.15) is 0 Å². The summed E-state index contributed by atoms with van der Waals surface area (Å²) >= 11 is 10.1. The zero-order chi connectivity index (χ0) is 47.9. The summed E-state index contributed by atoms with van der Waals surface area (Å²) in [5.41, 5.74) is 12.5. The molecular formula is C65H76S5. The fourth-order valence-corrected chi connectivity index (χ4v) is 18.0. The van der Waals surface area contributed by atoms with Crippen molar-refractivity contribution in [3.63, 3.8) is 0 Å². The largest absolute Gasteiger partial charge is 0.140 e. The van der Waals surface area contributed by atoms with Gasteiger partial charge in [-0.2, -0.15) is 0 Å². The molecule has 10 rings (SSSR count). The second-order valence-corrected chi connectivity index (χ2v) is 26.5. The third-order valence-electron chi connectivity index (χ3n) is 16.0. The highest BCUT2D eigenvalue weighted by Crippen LogP contribution is 2.58. The number of hydrogen-bond acceptors (Lipinski definition) is 5. The molecule has 2 aliphatic carbocycles. The number of fused-ring (bicyclic) bond motifs is 7. The predicted molar refractivity (Wildman–Crippen MR) is 317 cm³/mol. The lowest BCUT2D eigenvalue weighted by atomic mass is 9.70. The molecule has 366 valence electrons. The van der Waals surface area contributed by atoms with Gasteiger partial charge in [-0.3, -0.25) is 0 Å². The van der Waals surface area contributed by atoms with E-state index in [2.05, 4.69) is 136 Å². The minimum Gasteiger partial charge on any atom is -0.140 e. The quantitative estimate of drug-likeness (QED) is 0.0898. The molecule has 8 aromatic rings. The van der Waals surface area contributed by atoms with Crippen molar-refractivity contribution in [3.8, 4) is 60.6 Å². The molecule has 3 aromatic carbocycles. The van der Waals surface area contributed by atoms with Gasteiger partial charge in [-0.05, 0) is 162 Å². The number of thiophene rings is 5. The van der Waals surface area contributed by atoms with Crippen molar-refractivity contribution in [1.29, 1.82) is 0 Å². The molecule has 5 heteroatoms. The van der Waals surface area contributed by atoms with Gasteiger partial charge in [0.25, 0.3) is 0 Å². The summed E-state index contributed by atoms with van der Waals surface area (Å²) in [5.74, 6) is 0. The fourth-order valence-electron chi connectivity index (χ4n) is 12.2. The number of unbranched alkanes of at least 4 members (excludes halogenated alkanes) is 6. The summed E-state index contributed by atoms with van der Waals surface area (Å²) in [5, 5.41) is 2.87. The second kappa shape index (κ2) is 23.5. The molecule has 0 nitrogen and oxygen atoms in total. The summed E-state index contributed by atoms with van der Waals surface area (Å²) in [7, 11) is 0. The molecule has 2 aliphatic rings. The predicted octanol–water partition coefficient (Wildman–Crippen LogP) is 23.1. The van der Waals surface area contributed by atoms with Gasteiger partial charge in [-0.1, -0.05) is 172 Å². The smallest absolute Gasteiger partial charge is 0.0484 e. The van der Waals surface area contributed by atoms with Crippen LogP contribution in [0.5, 0.6) is 0 Å². The highest BCUT2D eigenvalue weighted by atomic mass is 32.1. The number of aryl methyl sites for hydroxylation is 2. The van der Waals surface area contributed by atoms with Gasteiger partial charge in [0.15, 0.2) is 0 Å². The van der Waals surface area contributed by atoms with E-state index in [9.17, 15) is 0 Å². The first-order chi connectivity index (χ1) is 34.5. The molecule has 5 heterocycles. The molecule has 1 fully saturated rings. The van der Waals surface area contributed by atoms with Gasteiger partial charge in [0, 0.05) is 54.2 Å². The summed E-state index contributed by atoms with van der Waals surface area (Å²) in [6.07, 6.45) is 31.9. The number of hydrogen-bond donors (Lipinski definition) is 0. The maximum Gasteiger partial charge on any atom is 0.0484 e. The van der Waals surface area contributed by atoms with E-state index in [4.69, 9.17) is 0 Å². The molecule has 0 unspecified atom stereocenters. The molecule has 5 aromatic heterocycles. The van der Waals surface area contributed by atoms with Crippen molar-refractivity contribution in [2.45, 2.75) is 187 Å². The Morgan fingerprint density at radius 3 is 1.44 bits per heavy atom. The monoisotopic (exact) mass is 1020 g/mol. The molecule has 0 aliphatic heterocycles. The first-order valence-electron chi connectivity index (χ1n) is 27.7. The van der Waals surface area contributed by atoms with E-state index < -0.39 is 0 Å². The van der Waals surface area contributed by atoms with E-state index in [0.29, 0.717) is 0 Å². The molecular weight excluding hydrogens is 941 g/mol. The van der Waals surface area contributed by atoms with Crippen LogP contribution in [-0.2, 0) is 18.3 Å². The lowest BCUT2D eigenvalue weighted by Crippen LogP contribution is -2.26. The van der Waals surface area contributed by atoms with E-state index in [1.54, 1.807) is 22.3 Å². The van der Waals surface area contributed by atoms with Crippen LogP contribution in [0.15, 0.2) is 97.1 Å². The maximum atomic E-state index is 2.68. The van der Waals surface area contributed by atoms with Gasteiger partial charge in [0.05, 0.1) is 0 Å². The van der Waals surface area contributed by atoms with Crippen LogP contribution in [0, 0.1) is 13.8 Å². The average molecular weight is 1020 g/mol. The molecule has 0 amide bonds. The van der Waals surface area contributed by atoms with Crippen molar-refractivity contribution in [3.05, 3.63) is 130 Å². The first-order valence-corrected chi connectivity index (χ1v) is 31.7. The SMILES string of the molecule is CCCCCCc1c(-c2ccc(-c3ccc(C)s3)s2)sc(-c2ccc(-c3ccc(-c4ccc5c(c4)C4(CCCCCCCCCCCCCC4)c4cc(C)c6ccccc6c4-5)s3)s2)c1CCCCCC. The zero-order valence-corrected chi connectivity index (χ0v) is 46.8. The van der Waals surface area contributed by atoms with Gasteiger partial charge in [-0.25, -0.2) is 0 Å². The normalized spacial score (nSPS) is 15.6. The summed E-state index contributed by atoms with van der Waals surface area (Å²) in [6.45, 7) is 9.28. The Bertz CT molecular complexity index is 2960. The molecule has 0 radical (unpaired) electrons. The number of rotatable bonds is 15. The van der Waals surface area contributed by atoms with Crippen LogP contribution in [-0.4, -0.2) is 0 Å². The summed E-state index contributed by atoms with van der Waals surface area (Å²) < 4.78 is 0. The Balaban J connectivity index is 0.999. The van der Waals surface area contributed by atoms with E-state index in [1.165, 1.54) is 236 Å². The standard InChI is InChI=1S/C65H76S5/c1-5-7-9-21-29-50-51(30-22-10-8-6-2)64(70-63(50)60-39-37-57(68-60)56-34-31-46(4)66-56)61-40-38-59(69-61)58-36-35-55(67-58)47-32-33-52-53(44-47)65(54-43-45(3)48-27-23-24-28-49(48)62(52)54)41-25-19-17-15-13-11-12-14-16-18-20-26-42-65/h23-24,27-28,31-40,43-44H,5-22,25-26,29-30,41-42H2,1-4H3. The van der Waals surface area contributed by atoms with Crippen LogP contribution < -0.4 is 0 Å². The van der Waals surface area contributed by atoms with Crippen molar-refractivity contribution in [1.82, 2.24) is 0 Å². The van der Waals surface area contributed by atoms with Crippen LogP contribution in [0.2, 0.25) is 0 Å². The van der Waals surface area contributed by atoms with E-state index in [-0.39, 0.29) is 5.41 Å². The lowest BCUT2D eigenvalue weighted by Gasteiger charge is -2.33. The maximum absolute atomic E-state index is 2.68. The van der Waals surface area contributed by atoms with E-state index in [0.717, 1.165) is 0 Å². The van der Waals surface area contributed by atoms with Gasteiger partial charge < -0.3 is 0 Å². The van der Waals surface area contributed by atoms with Gasteiger partial charge in [0.2, 0.25) is 0 Å². The molecule has 1 spiro atoms. The first kappa shape index (κ1) is 50.0. The molecule has 1 saturated carbocycles. The fraction of sp³-hybridized carbons (Fsp3) is 0.446. The van der Waals surface area contributed by atoms with Crippen LogP contribution in [0.1, 0.15) is 188 Å². The highest BCUT2D eigenvalue weighted by molar-refractivity contribution is 7.30. The average Bonchev–Trinajstić information content (AvgIpc) is 4.25. The van der Waals surface area contributed by atoms with Crippen LogP contribution in [0.3, 0.4) is 0 Å². The molecule has 0 saturated heterocycles. The van der Waals surface area contributed by atoms with Crippen LogP contribution >= 0.6 is 56.7 Å². The molecule has 70 heavy (non-hydrogen) atoms. The third-order valence-corrected chi connectivity index (χ3v) is 22.3. The Hall–Kier alpha value is -3.58.